The van der Waals surface area contributed by atoms with E-state index in [0.29, 0.717) is 18.2 Å². The first-order valence-corrected chi connectivity index (χ1v) is 7.53. The van der Waals surface area contributed by atoms with Crippen LogP contribution in [-0.4, -0.2) is 19.0 Å². The summed E-state index contributed by atoms with van der Waals surface area (Å²) >= 11 is 0. The van der Waals surface area contributed by atoms with Crippen molar-refractivity contribution in [2.75, 3.05) is 23.3 Å². The molecule has 2 aromatic carbocycles. The van der Waals surface area contributed by atoms with Crippen LogP contribution in [0.25, 0.3) is 0 Å². The summed E-state index contributed by atoms with van der Waals surface area (Å²) in [5.74, 6) is -1.61. The third-order valence-corrected chi connectivity index (χ3v) is 3.85. The highest BCUT2D eigenvalue weighted by Gasteiger charge is 2.31. The minimum Gasteiger partial charge on any atom is -0.364 e. The number of anilines is 2. The second-order valence-electron chi connectivity index (χ2n) is 5.57. The molecule has 0 aliphatic carbocycles. The molecule has 0 aromatic heterocycles. The van der Waals surface area contributed by atoms with Crippen molar-refractivity contribution in [3.05, 3.63) is 71.6 Å². The predicted molar refractivity (Wildman–Crippen MR) is 87.2 cm³/mol. The Bertz CT molecular complexity index is 805. The lowest BCUT2D eigenvalue weighted by atomic mass is 10.1. The quantitative estimate of drug-likeness (QED) is 0.654. The third kappa shape index (κ3) is 3.81. The summed E-state index contributed by atoms with van der Waals surface area (Å²) in [7, 11) is 0. The summed E-state index contributed by atoms with van der Waals surface area (Å²) in [5, 5.41) is 2.19. The zero-order valence-corrected chi connectivity index (χ0v) is 13.0. The van der Waals surface area contributed by atoms with Crippen molar-refractivity contribution in [1.29, 1.82) is 0 Å². The minimum absolute atomic E-state index is 0.229. The van der Waals surface area contributed by atoms with Gasteiger partial charge in [0.05, 0.1) is 11.3 Å². The van der Waals surface area contributed by atoms with Crippen LogP contribution in [-0.2, 0) is 6.18 Å². The van der Waals surface area contributed by atoms with Gasteiger partial charge in [-0.2, -0.15) is 13.2 Å². The van der Waals surface area contributed by atoms with Gasteiger partial charge in [-0.05, 0) is 42.5 Å². The van der Waals surface area contributed by atoms with Gasteiger partial charge in [0.15, 0.2) is 0 Å². The summed E-state index contributed by atoms with van der Waals surface area (Å²) < 4.78 is 51.8. The topological polar surface area (TPSA) is 32.3 Å². The van der Waals surface area contributed by atoms with Gasteiger partial charge < -0.3 is 10.2 Å². The van der Waals surface area contributed by atoms with Gasteiger partial charge in [0.2, 0.25) is 0 Å². The average Bonchev–Trinajstić information content (AvgIpc) is 3.10. The Morgan fingerprint density at radius 1 is 1.00 bits per heavy atom. The normalized spacial score (nSPS) is 14.0. The van der Waals surface area contributed by atoms with Crippen LogP contribution in [0, 0.1) is 5.82 Å². The summed E-state index contributed by atoms with van der Waals surface area (Å²) in [6, 6.07) is 8.47. The number of hydrogen-bond acceptors (Lipinski definition) is 2. The molecule has 1 heterocycles. The molecule has 0 atom stereocenters. The van der Waals surface area contributed by atoms with E-state index in [1.807, 2.05) is 12.2 Å². The number of benzene rings is 2. The molecule has 2 aromatic rings. The van der Waals surface area contributed by atoms with Gasteiger partial charge in [-0.15, -0.1) is 0 Å². The van der Waals surface area contributed by atoms with Crippen LogP contribution in [0.2, 0.25) is 0 Å². The fourth-order valence-corrected chi connectivity index (χ4v) is 2.50. The Labute approximate surface area is 141 Å². The van der Waals surface area contributed by atoms with Crippen molar-refractivity contribution in [3.63, 3.8) is 0 Å². The number of amides is 1. The molecule has 1 amide bonds. The Balaban J connectivity index is 1.76. The Kier molecular flexibility index (Phi) is 4.48. The molecule has 0 unspecified atom stereocenters. The molecule has 1 N–H and O–H groups in total. The molecule has 3 rings (SSSR count). The van der Waals surface area contributed by atoms with E-state index in [1.54, 1.807) is 24.3 Å². The summed E-state index contributed by atoms with van der Waals surface area (Å²) in [6.07, 6.45) is -0.563. The number of carbonyl (C=O) groups excluding carboxylic acids is 1. The standard InChI is InChI=1S/C18H14F4N2O/c19-15-8-5-13(18(20,21)22)11-16(15)23-17(25)12-3-6-14(7-4-12)24-9-1-2-10-24/h1-8,11H,9-10H2,(H,23,25). The molecule has 0 fully saturated rings. The lowest BCUT2D eigenvalue weighted by Gasteiger charge is -2.17. The molecule has 0 saturated heterocycles. The van der Waals surface area contributed by atoms with E-state index < -0.39 is 29.2 Å². The van der Waals surface area contributed by atoms with E-state index in [2.05, 4.69) is 10.2 Å². The highest BCUT2D eigenvalue weighted by Crippen LogP contribution is 2.32. The first-order chi connectivity index (χ1) is 11.8. The van der Waals surface area contributed by atoms with E-state index in [1.165, 1.54) is 0 Å². The van der Waals surface area contributed by atoms with Crippen LogP contribution in [0.4, 0.5) is 28.9 Å². The Morgan fingerprint density at radius 2 is 1.64 bits per heavy atom. The fourth-order valence-electron chi connectivity index (χ4n) is 2.50. The zero-order chi connectivity index (χ0) is 18.0. The van der Waals surface area contributed by atoms with Gasteiger partial charge >= 0.3 is 6.18 Å². The maximum absolute atomic E-state index is 13.7. The van der Waals surface area contributed by atoms with E-state index in [4.69, 9.17) is 0 Å². The predicted octanol–water partition coefficient (Wildman–Crippen LogP) is 4.47. The smallest absolute Gasteiger partial charge is 0.364 e. The van der Waals surface area contributed by atoms with Gasteiger partial charge in [0.1, 0.15) is 5.82 Å². The zero-order valence-electron chi connectivity index (χ0n) is 13.0. The monoisotopic (exact) mass is 350 g/mol. The maximum atomic E-state index is 13.7. The number of hydrogen-bond donors (Lipinski definition) is 1. The molecular formula is C18H14F4N2O. The second-order valence-corrected chi connectivity index (χ2v) is 5.57. The highest BCUT2D eigenvalue weighted by atomic mass is 19.4. The first kappa shape index (κ1) is 17.0. The van der Waals surface area contributed by atoms with Crippen molar-refractivity contribution in [3.8, 4) is 0 Å². The van der Waals surface area contributed by atoms with Crippen molar-refractivity contribution >= 4 is 17.3 Å². The molecule has 130 valence electrons. The maximum Gasteiger partial charge on any atom is 0.416 e. The van der Waals surface area contributed by atoms with E-state index in [-0.39, 0.29) is 5.56 Å². The van der Waals surface area contributed by atoms with Crippen LogP contribution in [0.3, 0.4) is 0 Å². The van der Waals surface area contributed by atoms with E-state index in [0.717, 1.165) is 18.8 Å². The van der Waals surface area contributed by atoms with Crippen LogP contribution < -0.4 is 10.2 Å². The molecule has 25 heavy (non-hydrogen) atoms. The van der Waals surface area contributed by atoms with E-state index in [9.17, 15) is 22.4 Å². The molecular weight excluding hydrogens is 336 g/mol. The van der Waals surface area contributed by atoms with Gasteiger partial charge in [0, 0.05) is 24.3 Å². The lowest BCUT2D eigenvalue weighted by Crippen LogP contribution is -2.19. The summed E-state index contributed by atoms with van der Waals surface area (Å²) in [4.78, 5) is 14.3. The molecule has 7 heteroatoms. The number of carbonyl (C=O) groups is 1. The first-order valence-electron chi connectivity index (χ1n) is 7.53. The van der Waals surface area contributed by atoms with E-state index >= 15 is 0 Å². The molecule has 0 bridgehead atoms. The van der Waals surface area contributed by atoms with Crippen molar-refractivity contribution in [1.82, 2.24) is 0 Å². The fraction of sp³-hybridized carbons (Fsp3) is 0.167. The largest absolute Gasteiger partial charge is 0.416 e. The number of nitrogens with one attached hydrogen (secondary N) is 1. The second kappa shape index (κ2) is 6.58. The van der Waals surface area contributed by atoms with Crippen molar-refractivity contribution in [2.24, 2.45) is 0 Å². The third-order valence-electron chi connectivity index (χ3n) is 3.85. The number of alkyl halides is 3. The lowest BCUT2D eigenvalue weighted by molar-refractivity contribution is -0.137. The molecule has 1 aliphatic heterocycles. The van der Waals surface area contributed by atoms with Gasteiger partial charge in [-0.25, -0.2) is 4.39 Å². The molecule has 3 nitrogen and oxygen atoms in total. The molecule has 0 radical (unpaired) electrons. The summed E-state index contributed by atoms with van der Waals surface area (Å²) in [5.41, 5.74) is -0.381. The highest BCUT2D eigenvalue weighted by molar-refractivity contribution is 6.04. The van der Waals surface area contributed by atoms with Crippen LogP contribution in [0.15, 0.2) is 54.6 Å². The Hall–Kier alpha value is -2.83. The number of nitrogens with zero attached hydrogens (tertiary/aromatic N) is 1. The van der Waals surface area contributed by atoms with Gasteiger partial charge in [-0.3, -0.25) is 4.79 Å². The minimum atomic E-state index is -4.61. The van der Waals surface area contributed by atoms with Crippen molar-refractivity contribution < 1.29 is 22.4 Å². The van der Waals surface area contributed by atoms with Crippen molar-refractivity contribution in [2.45, 2.75) is 6.18 Å². The number of rotatable bonds is 3. The van der Waals surface area contributed by atoms with Gasteiger partial charge in [-0.1, -0.05) is 12.2 Å². The molecule has 0 spiro atoms. The average molecular weight is 350 g/mol. The van der Waals surface area contributed by atoms with Crippen LogP contribution in [0.1, 0.15) is 15.9 Å². The molecule has 0 saturated carbocycles. The molecule has 1 aliphatic rings. The van der Waals surface area contributed by atoms with Crippen LogP contribution in [0.5, 0.6) is 0 Å². The summed E-state index contributed by atoms with van der Waals surface area (Å²) in [6.45, 7) is 1.56. The Morgan fingerprint density at radius 3 is 2.24 bits per heavy atom. The van der Waals surface area contributed by atoms with Gasteiger partial charge in [0.25, 0.3) is 5.91 Å². The number of halogens is 4. The SMILES string of the molecule is O=C(Nc1cc(C(F)(F)F)ccc1F)c1ccc(N2CC=CC2)cc1. The van der Waals surface area contributed by atoms with Crippen LogP contribution >= 0.6 is 0 Å².